The number of hydrogen-bond donors (Lipinski definition) is 0. The Kier molecular flexibility index (Phi) is 3.94. The summed E-state index contributed by atoms with van der Waals surface area (Å²) in [7, 11) is 1.63. The molecule has 0 atom stereocenters. The number of rotatable bonds is 3. The molecule has 0 radical (unpaired) electrons. The predicted molar refractivity (Wildman–Crippen MR) is 73.4 cm³/mol. The fourth-order valence-corrected chi connectivity index (χ4v) is 1.71. The lowest BCUT2D eigenvalue weighted by Crippen LogP contribution is -1.84. The minimum atomic E-state index is 0.965. The van der Waals surface area contributed by atoms with Crippen LogP contribution in [0.3, 0.4) is 0 Å². The van der Waals surface area contributed by atoms with Gasteiger partial charge in [0.2, 0.25) is 0 Å². The molecule has 0 spiro atoms. The van der Waals surface area contributed by atoms with Crippen molar-refractivity contribution in [1.29, 1.82) is 0 Å². The smallest absolute Gasteiger partial charge is 0.0831 e. The van der Waals surface area contributed by atoms with E-state index in [1.165, 1.54) is 0 Å². The van der Waals surface area contributed by atoms with Gasteiger partial charge in [0.25, 0.3) is 0 Å². The van der Waals surface area contributed by atoms with Crippen LogP contribution < -0.4 is 0 Å². The third kappa shape index (κ3) is 3.17. The first kappa shape index (κ1) is 11.9. The van der Waals surface area contributed by atoms with Gasteiger partial charge in [0.1, 0.15) is 0 Å². The molecular formula is C14H12BrNO. The lowest BCUT2D eigenvalue weighted by atomic mass is 10.1. The highest BCUT2D eigenvalue weighted by Gasteiger charge is 1.98. The average molecular weight is 290 g/mol. The molecule has 0 aliphatic heterocycles. The quantitative estimate of drug-likeness (QED) is 0.793. The van der Waals surface area contributed by atoms with Gasteiger partial charge in [-0.25, -0.2) is 0 Å². The SMILES string of the molecule is CO/C=C/c1ccc(-c2ccc(Br)cc2)nc1. The van der Waals surface area contributed by atoms with Crippen LogP contribution in [-0.2, 0) is 4.74 Å². The van der Waals surface area contributed by atoms with E-state index in [2.05, 4.69) is 20.9 Å². The van der Waals surface area contributed by atoms with E-state index < -0.39 is 0 Å². The van der Waals surface area contributed by atoms with Crippen molar-refractivity contribution in [2.75, 3.05) is 7.11 Å². The van der Waals surface area contributed by atoms with E-state index in [4.69, 9.17) is 4.74 Å². The lowest BCUT2D eigenvalue weighted by molar-refractivity contribution is 0.341. The van der Waals surface area contributed by atoms with Gasteiger partial charge in [-0.15, -0.1) is 0 Å². The minimum Gasteiger partial charge on any atom is -0.504 e. The second-order valence-electron chi connectivity index (χ2n) is 3.52. The molecule has 17 heavy (non-hydrogen) atoms. The van der Waals surface area contributed by atoms with Crippen LogP contribution in [0.25, 0.3) is 17.3 Å². The number of pyridine rings is 1. The first-order chi connectivity index (χ1) is 8.29. The van der Waals surface area contributed by atoms with Crippen LogP contribution in [0.15, 0.2) is 53.3 Å². The molecule has 0 saturated carbocycles. The van der Waals surface area contributed by atoms with Gasteiger partial charge >= 0.3 is 0 Å². The molecule has 2 nitrogen and oxygen atoms in total. The topological polar surface area (TPSA) is 22.1 Å². The molecule has 0 unspecified atom stereocenters. The molecule has 86 valence electrons. The molecule has 3 heteroatoms. The Hall–Kier alpha value is -1.61. The van der Waals surface area contributed by atoms with E-state index in [9.17, 15) is 0 Å². The van der Waals surface area contributed by atoms with Crippen molar-refractivity contribution in [3.8, 4) is 11.3 Å². The molecular weight excluding hydrogens is 278 g/mol. The van der Waals surface area contributed by atoms with E-state index in [1.54, 1.807) is 13.4 Å². The molecule has 2 rings (SSSR count). The van der Waals surface area contributed by atoms with Crippen LogP contribution in [0.2, 0.25) is 0 Å². The van der Waals surface area contributed by atoms with Gasteiger partial charge in [0.15, 0.2) is 0 Å². The van der Waals surface area contributed by atoms with E-state index in [0.717, 1.165) is 21.3 Å². The summed E-state index contributed by atoms with van der Waals surface area (Å²) < 4.78 is 5.93. The van der Waals surface area contributed by atoms with Gasteiger partial charge in [0, 0.05) is 16.2 Å². The van der Waals surface area contributed by atoms with Crippen molar-refractivity contribution < 1.29 is 4.74 Å². The van der Waals surface area contributed by atoms with Crippen LogP contribution in [-0.4, -0.2) is 12.1 Å². The number of nitrogens with zero attached hydrogens (tertiary/aromatic N) is 1. The third-order valence-corrected chi connectivity index (χ3v) is 2.85. The summed E-state index contributed by atoms with van der Waals surface area (Å²) in [5.74, 6) is 0. The van der Waals surface area contributed by atoms with Crippen molar-refractivity contribution in [2.24, 2.45) is 0 Å². The monoisotopic (exact) mass is 289 g/mol. The average Bonchev–Trinajstić information content (AvgIpc) is 2.38. The summed E-state index contributed by atoms with van der Waals surface area (Å²) in [4.78, 5) is 4.41. The van der Waals surface area contributed by atoms with E-state index >= 15 is 0 Å². The van der Waals surface area contributed by atoms with Crippen LogP contribution in [0.4, 0.5) is 0 Å². The highest BCUT2D eigenvalue weighted by molar-refractivity contribution is 9.10. The van der Waals surface area contributed by atoms with E-state index in [-0.39, 0.29) is 0 Å². The molecule has 0 amide bonds. The first-order valence-electron chi connectivity index (χ1n) is 5.21. The maximum absolute atomic E-state index is 4.86. The van der Waals surface area contributed by atoms with Crippen molar-refractivity contribution >= 4 is 22.0 Å². The maximum atomic E-state index is 4.86. The zero-order valence-electron chi connectivity index (χ0n) is 9.43. The molecule has 0 fully saturated rings. The molecule has 2 aromatic rings. The Morgan fingerprint density at radius 1 is 1.12 bits per heavy atom. The number of benzene rings is 1. The van der Waals surface area contributed by atoms with Gasteiger partial charge in [0.05, 0.1) is 19.1 Å². The summed E-state index contributed by atoms with van der Waals surface area (Å²) in [6.45, 7) is 0. The molecule has 0 saturated heterocycles. The van der Waals surface area contributed by atoms with Crippen LogP contribution in [0, 0.1) is 0 Å². The normalized spacial score (nSPS) is 10.7. The number of aromatic nitrogens is 1. The van der Waals surface area contributed by atoms with Crippen molar-refractivity contribution in [1.82, 2.24) is 4.98 Å². The van der Waals surface area contributed by atoms with Crippen molar-refractivity contribution in [3.05, 3.63) is 58.9 Å². The Morgan fingerprint density at radius 2 is 1.88 bits per heavy atom. The molecule has 0 bridgehead atoms. The Morgan fingerprint density at radius 3 is 2.47 bits per heavy atom. The molecule has 1 aromatic carbocycles. The second kappa shape index (κ2) is 5.64. The fraction of sp³-hybridized carbons (Fsp3) is 0.0714. The maximum Gasteiger partial charge on any atom is 0.0831 e. The molecule has 1 heterocycles. The number of hydrogen-bond acceptors (Lipinski definition) is 2. The van der Waals surface area contributed by atoms with Crippen molar-refractivity contribution in [2.45, 2.75) is 0 Å². The molecule has 0 N–H and O–H groups in total. The first-order valence-corrected chi connectivity index (χ1v) is 6.00. The zero-order valence-corrected chi connectivity index (χ0v) is 11.0. The van der Waals surface area contributed by atoms with Crippen LogP contribution >= 0.6 is 15.9 Å². The summed E-state index contributed by atoms with van der Waals surface area (Å²) in [5, 5.41) is 0. The highest BCUT2D eigenvalue weighted by Crippen LogP contribution is 2.20. The summed E-state index contributed by atoms with van der Waals surface area (Å²) in [6.07, 6.45) is 5.33. The van der Waals surface area contributed by atoms with Crippen LogP contribution in [0.1, 0.15) is 5.56 Å². The van der Waals surface area contributed by atoms with Crippen LogP contribution in [0.5, 0.6) is 0 Å². The summed E-state index contributed by atoms with van der Waals surface area (Å²) in [5.41, 5.74) is 3.09. The number of halogens is 1. The summed E-state index contributed by atoms with van der Waals surface area (Å²) >= 11 is 3.41. The lowest BCUT2D eigenvalue weighted by Gasteiger charge is -2.01. The molecule has 1 aromatic heterocycles. The van der Waals surface area contributed by atoms with Gasteiger partial charge < -0.3 is 4.74 Å². The zero-order chi connectivity index (χ0) is 12.1. The minimum absolute atomic E-state index is 0.965. The number of methoxy groups -OCH3 is 1. The number of ether oxygens (including phenoxy) is 1. The van der Waals surface area contributed by atoms with Gasteiger partial charge in [-0.1, -0.05) is 34.1 Å². The predicted octanol–water partition coefficient (Wildman–Crippen LogP) is 4.13. The molecule has 0 aliphatic carbocycles. The Balaban J connectivity index is 2.23. The van der Waals surface area contributed by atoms with E-state index in [0.29, 0.717) is 0 Å². The van der Waals surface area contributed by atoms with E-state index in [1.807, 2.05) is 48.7 Å². The summed E-state index contributed by atoms with van der Waals surface area (Å²) in [6, 6.07) is 12.1. The molecule has 0 aliphatic rings. The Labute approximate surface area is 109 Å². The fourth-order valence-electron chi connectivity index (χ4n) is 1.44. The Bertz CT molecular complexity index is 503. The second-order valence-corrected chi connectivity index (χ2v) is 4.44. The standard InChI is InChI=1S/C14H12BrNO/c1-17-9-8-11-2-7-14(16-10-11)12-3-5-13(15)6-4-12/h2-10H,1H3/b9-8+. The highest BCUT2D eigenvalue weighted by atomic mass is 79.9. The van der Waals surface area contributed by atoms with Gasteiger partial charge in [-0.3, -0.25) is 4.98 Å². The van der Waals surface area contributed by atoms with Gasteiger partial charge in [-0.2, -0.15) is 0 Å². The third-order valence-electron chi connectivity index (χ3n) is 2.32. The largest absolute Gasteiger partial charge is 0.504 e. The van der Waals surface area contributed by atoms with Gasteiger partial charge in [-0.05, 0) is 29.8 Å². The van der Waals surface area contributed by atoms with Crippen molar-refractivity contribution in [3.63, 3.8) is 0 Å².